The van der Waals surface area contributed by atoms with Gasteiger partial charge in [-0.3, -0.25) is 0 Å². The van der Waals surface area contributed by atoms with Gasteiger partial charge in [0.1, 0.15) is 0 Å². The topological polar surface area (TPSA) is 44.7 Å². The summed E-state index contributed by atoms with van der Waals surface area (Å²) in [7, 11) is 0. The van der Waals surface area contributed by atoms with Gasteiger partial charge in [0.2, 0.25) is 0 Å². The van der Waals surface area contributed by atoms with E-state index >= 15 is 0 Å². The molecule has 2 aliphatic rings. The summed E-state index contributed by atoms with van der Waals surface area (Å²) < 4.78 is 0. The minimum absolute atomic E-state index is 0.0936. The van der Waals surface area contributed by atoms with E-state index in [2.05, 4.69) is 41.7 Å². The number of hydrogen-bond donors (Lipinski definition) is 1. The van der Waals surface area contributed by atoms with Gasteiger partial charge < -0.3 is 5.32 Å². The molecule has 0 unspecified atom stereocenters. The van der Waals surface area contributed by atoms with E-state index in [-0.39, 0.29) is 18.0 Å². The summed E-state index contributed by atoms with van der Waals surface area (Å²) in [6, 6.07) is 27.8. The molecule has 162 valence electrons. The van der Waals surface area contributed by atoms with Crippen molar-refractivity contribution in [3.05, 3.63) is 101 Å². The molecule has 0 radical (unpaired) electrons. The van der Waals surface area contributed by atoms with Crippen LogP contribution in [0.4, 0.5) is 10.5 Å². The number of fused-ring (bicyclic) bond motifs is 1. The zero-order chi connectivity index (χ0) is 21.9. The minimum atomic E-state index is -0.221. The van der Waals surface area contributed by atoms with Gasteiger partial charge >= 0.3 is 6.03 Å². The van der Waals surface area contributed by atoms with Crippen molar-refractivity contribution in [2.75, 3.05) is 5.32 Å². The van der Waals surface area contributed by atoms with Crippen LogP contribution >= 0.6 is 11.6 Å². The second-order valence-corrected chi connectivity index (χ2v) is 9.03. The maximum absolute atomic E-state index is 13.4. The molecule has 0 saturated heterocycles. The fourth-order valence-corrected chi connectivity index (χ4v) is 5.25. The summed E-state index contributed by atoms with van der Waals surface area (Å²) in [5.74, 6) is 0.594. The monoisotopic (exact) mass is 443 g/mol. The quantitative estimate of drug-likeness (QED) is 0.466. The third-order valence-electron chi connectivity index (χ3n) is 6.48. The fourth-order valence-electron chi connectivity index (χ4n) is 5.06. The maximum atomic E-state index is 13.4. The number of hydrazone groups is 1. The van der Waals surface area contributed by atoms with Gasteiger partial charge in [-0.1, -0.05) is 84.8 Å². The van der Waals surface area contributed by atoms with Crippen LogP contribution in [-0.4, -0.2) is 16.8 Å². The average Bonchev–Trinajstić information content (AvgIpc) is 3.21. The van der Waals surface area contributed by atoms with Gasteiger partial charge in [-0.2, -0.15) is 5.10 Å². The van der Waals surface area contributed by atoms with Crippen LogP contribution in [0, 0.1) is 11.8 Å². The second kappa shape index (κ2) is 9.17. The molecule has 5 heteroatoms. The van der Waals surface area contributed by atoms with E-state index in [0.717, 1.165) is 37.0 Å². The summed E-state index contributed by atoms with van der Waals surface area (Å²) in [5, 5.41) is 10.2. The summed E-state index contributed by atoms with van der Waals surface area (Å²) in [6.45, 7) is 0. The Labute approximate surface area is 193 Å². The number of amides is 2. The molecule has 0 aromatic heterocycles. The van der Waals surface area contributed by atoms with Crippen LogP contribution < -0.4 is 5.32 Å². The first-order valence-corrected chi connectivity index (χ1v) is 11.6. The molecule has 1 fully saturated rings. The molecule has 1 aliphatic heterocycles. The van der Waals surface area contributed by atoms with Crippen LogP contribution in [0.15, 0.2) is 90.0 Å². The smallest absolute Gasteiger partial charge is 0.306 e. The second-order valence-electron chi connectivity index (χ2n) is 8.59. The third kappa shape index (κ3) is 4.28. The molecule has 3 atom stereocenters. The summed E-state index contributed by atoms with van der Waals surface area (Å²) in [4.78, 5) is 13.4. The molecule has 1 saturated carbocycles. The Kier molecular flexibility index (Phi) is 5.95. The van der Waals surface area contributed by atoms with Gasteiger partial charge in [0.05, 0.1) is 6.04 Å². The highest BCUT2D eigenvalue weighted by Crippen LogP contribution is 2.45. The van der Waals surface area contributed by atoms with Crippen molar-refractivity contribution in [1.82, 2.24) is 5.01 Å². The molecule has 3 aromatic rings. The Morgan fingerprint density at radius 1 is 0.969 bits per heavy atom. The van der Waals surface area contributed by atoms with Gasteiger partial charge in [0.15, 0.2) is 0 Å². The standard InChI is InChI=1S/C27H26ClN3O/c28-22-14-8-15-23(18-22)29-27(32)31-26(20-11-5-2-6-12-20)24-16-7-13-21(25(24)30-31)17-19-9-3-1-4-10-19/h1-6,8-12,14-15,18,21,24,26H,7,13,16-17H2,(H,29,32)/t21-,24-,26+/m1/s1. The lowest BCUT2D eigenvalue weighted by molar-refractivity contribution is 0.187. The number of halogens is 1. The number of hydrogen-bond acceptors (Lipinski definition) is 2. The Balaban J connectivity index is 1.46. The highest BCUT2D eigenvalue weighted by atomic mass is 35.5. The van der Waals surface area contributed by atoms with E-state index in [9.17, 15) is 4.79 Å². The number of rotatable bonds is 4. The van der Waals surface area contributed by atoms with Crippen LogP contribution in [0.1, 0.15) is 36.4 Å². The summed E-state index contributed by atoms with van der Waals surface area (Å²) in [6.07, 6.45) is 4.26. The predicted octanol–water partition coefficient (Wildman–Crippen LogP) is 6.94. The molecule has 3 aromatic carbocycles. The number of urea groups is 1. The van der Waals surface area contributed by atoms with Crippen molar-refractivity contribution in [3.8, 4) is 0 Å². The largest absolute Gasteiger partial charge is 0.342 e. The number of anilines is 1. The number of benzene rings is 3. The van der Waals surface area contributed by atoms with Gasteiger partial charge in [-0.05, 0) is 48.6 Å². The molecule has 4 nitrogen and oxygen atoms in total. The highest BCUT2D eigenvalue weighted by molar-refractivity contribution is 6.30. The lowest BCUT2D eigenvalue weighted by atomic mass is 9.73. The molecule has 2 amide bonds. The lowest BCUT2D eigenvalue weighted by Gasteiger charge is -2.32. The molecule has 1 aliphatic carbocycles. The number of carbonyl (C=O) groups excluding carboxylic acids is 1. The fraction of sp³-hybridized carbons (Fsp3) is 0.259. The predicted molar refractivity (Wildman–Crippen MR) is 130 cm³/mol. The Bertz CT molecular complexity index is 1120. The van der Waals surface area contributed by atoms with Crippen LogP contribution in [0.25, 0.3) is 0 Å². The van der Waals surface area contributed by atoms with Crippen molar-refractivity contribution in [2.45, 2.75) is 31.7 Å². The zero-order valence-electron chi connectivity index (χ0n) is 17.8. The van der Waals surface area contributed by atoms with E-state index in [1.165, 1.54) is 5.56 Å². The first-order valence-electron chi connectivity index (χ1n) is 11.2. The zero-order valence-corrected chi connectivity index (χ0v) is 18.6. The van der Waals surface area contributed by atoms with Crippen molar-refractivity contribution < 1.29 is 4.79 Å². The van der Waals surface area contributed by atoms with E-state index < -0.39 is 0 Å². The number of nitrogens with zero attached hydrogens (tertiary/aromatic N) is 2. The summed E-state index contributed by atoms with van der Waals surface area (Å²) in [5.41, 5.74) is 4.28. The van der Waals surface area contributed by atoms with E-state index in [1.54, 1.807) is 17.1 Å². The Morgan fingerprint density at radius 3 is 2.47 bits per heavy atom. The molecule has 1 N–H and O–H groups in total. The van der Waals surface area contributed by atoms with Gasteiger partial charge in [0, 0.05) is 28.3 Å². The summed E-state index contributed by atoms with van der Waals surface area (Å²) >= 11 is 6.12. The van der Waals surface area contributed by atoms with Crippen LogP contribution in [-0.2, 0) is 6.42 Å². The van der Waals surface area contributed by atoms with E-state index in [1.807, 2.05) is 36.4 Å². The number of nitrogens with one attached hydrogen (secondary N) is 1. The SMILES string of the molecule is O=C(Nc1cccc(Cl)c1)N1N=C2[C@@H](Cc3ccccc3)CCC[C@H]2[C@@H]1c1ccccc1. The van der Waals surface area contributed by atoms with Crippen LogP contribution in [0.2, 0.25) is 5.02 Å². The highest BCUT2D eigenvalue weighted by Gasteiger charge is 2.45. The van der Waals surface area contributed by atoms with Gasteiger partial charge in [-0.15, -0.1) is 0 Å². The Morgan fingerprint density at radius 2 is 1.72 bits per heavy atom. The van der Waals surface area contributed by atoms with Crippen molar-refractivity contribution >= 4 is 29.0 Å². The molecule has 1 heterocycles. The van der Waals surface area contributed by atoms with Gasteiger partial charge in [0.25, 0.3) is 0 Å². The molecule has 0 bridgehead atoms. The molecular weight excluding hydrogens is 418 g/mol. The van der Waals surface area contributed by atoms with E-state index in [0.29, 0.717) is 16.6 Å². The van der Waals surface area contributed by atoms with Crippen molar-refractivity contribution in [3.63, 3.8) is 0 Å². The lowest BCUT2D eigenvalue weighted by Crippen LogP contribution is -2.35. The number of carbonyl (C=O) groups is 1. The molecule has 32 heavy (non-hydrogen) atoms. The van der Waals surface area contributed by atoms with Gasteiger partial charge in [-0.25, -0.2) is 9.80 Å². The average molecular weight is 444 g/mol. The Hall–Kier alpha value is -3.11. The van der Waals surface area contributed by atoms with Crippen LogP contribution in [0.3, 0.4) is 0 Å². The first kappa shape index (κ1) is 20.8. The third-order valence-corrected chi connectivity index (χ3v) is 6.72. The van der Waals surface area contributed by atoms with E-state index in [4.69, 9.17) is 16.7 Å². The van der Waals surface area contributed by atoms with Crippen molar-refractivity contribution in [2.24, 2.45) is 16.9 Å². The maximum Gasteiger partial charge on any atom is 0.342 e. The normalized spacial score (nSPS) is 22.2. The van der Waals surface area contributed by atoms with Crippen molar-refractivity contribution in [1.29, 1.82) is 0 Å². The minimum Gasteiger partial charge on any atom is -0.306 e. The molecule has 5 rings (SSSR count). The first-order chi connectivity index (χ1) is 15.7. The van der Waals surface area contributed by atoms with Crippen LogP contribution in [0.5, 0.6) is 0 Å². The molecule has 0 spiro atoms. The molecular formula is C27H26ClN3O.